The van der Waals surface area contributed by atoms with Crippen molar-refractivity contribution in [3.63, 3.8) is 0 Å². The van der Waals surface area contributed by atoms with Gasteiger partial charge in [0.2, 0.25) is 0 Å². The Balaban J connectivity index is 2.54. The van der Waals surface area contributed by atoms with Gasteiger partial charge >= 0.3 is 46.4 Å². The van der Waals surface area contributed by atoms with E-state index < -0.39 is 0 Å². The molecule has 0 rings (SSSR count). The van der Waals surface area contributed by atoms with E-state index in [9.17, 15) is 0 Å². The molecular formula is C3H7OSb. The van der Waals surface area contributed by atoms with Crippen molar-refractivity contribution in [2.75, 3.05) is 0 Å². The summed E-state index contributed by atoms with van der Waals surface area (Å²) in [4.78, 5) is 0. The zero-order valence-electron chi connectivity index (χ0n) is 3.43. The molecule has 0 atom stereocenters. The molecule has 30 valence electrons. The van der Waals surface area contributed by atoms with Crippen LogP contribution < -0.4 is 0 Å². The van der Waals surface area contributed by atoms with E-state index in [4.69, 9.17) is 3.02 Å². The molecule has 1 nitrogen and oxygen atoms in total. The first-order chi connectivity index (χ1) is 2.27. The Labute approximate surface area is 46.8 Å². The average molecular weight is 181 g/mol. The van der Waals surface area contributed by atoms with Crippen molar-refractivity contribution in [1.82, 2.24) is 0 Å². The number of rotatable bonds is 1. The Morgan fingerprint density at radius 1 is 1.60 bits per heavy atom. The predicted molar refractivity (Wildman–Crippen MR) is 22.0 cm³/mol. The minimum absolute atomic E-state index is 0.406. The zero-order valence-corrected chi connectivity index (χ0v) is 5.99. The number of hydrogen-bond donors (Lipinski definition) is 0. The minimum atomic E-state index is 0.406. The predicted octanol–water partition coefficient (Wildman–Crippen LogP) is 0.495. The van der Waals surface area contributed by atoms with E-state index in [1.807, 2.05) is 13.8 Å². The fourth-order valence-corrected chi connectivity index (χ4v) is 0. The van der Waals surface area contributed by atoms with Crippen LogP contribution in [0.3, 0.4) is 0 Å². The van der Waals surface area contributed by atoms with Crippen LogP contribution in [0.1, 0.15) is 13.8 Å². The molecule has 0 saturated heterocycles. The van der Waals surface area contributed by atoms with Crippen molar-refractivity contribution in [2.24, 2.45) is 0 Å². The summed E-state index contributed by atoms with van der Waals surface area (Å²) < 4.78 is 4.80. The van der Waals surface area contributed by atoms with Gasteiger partial charge in [-0.3, -0.25) is 0 Å². The van der Waals surface area contributed by atoms with Gasteiger partial charge in [-0.2, -0.15) is 0 Å². The molecule has 2 radical (unpaired) electrons. The molecule has 0 aromatic rings. The van der Waals surface area contributed by atoms with Crippen molar-refractivity contribution in [2.45, 2.75) is 20.0 Å². The van der Waals surface area contributed by atoms with Crippen LogP contribution in [0.2, 0.25) is 0 Å². The molecule has 0 amide bonds. The van der Waals surface area contributed by atoms with E-state index >= 15 is 0 Å². The Kier molecular flexibility index (Phi) is 3.45. The van der Waals surface area contributed by atoms with Crippen molar-refractivity contribution in [3.05, 3.63) is 0 Å². The van der Waals surface area contributed by atoms with Gasteiger partial charge in [0, 0.05) is 0 Å². The fraction of sp³-hybridized carbons (Fsp3) is 1.00. The van der Waals surface area contributed by atoms with E-state index in [0.29, 0.717) is 6.10 Å². The molecule has 0 aliphatic heterocycles. The standard InChI is InChI=1S/C3H7O.Sb/c1-3(2)4;/h3H,1-2H3;/q-1;+1. The second kappa shape index (κ2) is 2.99. The first-order valence-corrected chi connectivity index (χ1v) is 2.62. The molecule has 0 aromatic heterocycles. The maximum atomic E-state index is 4.80. The molecule has 5 heavy (non-hydrogen) atoms. The van der Waals surface area contributed by atoms with Crippen molar-refractivity contribution >= 4 is 23.4 Å². The molecule has 0 aliphatic rings. The normalized spacial score (nSPS) is 9.60. The van der Waals surface area contributed by atoms with Crippen LogP contribution in [0, 0.1) is 0 Å². The molecule has 0 saturated carbocycles. The van der Waals surface area contributed by atoms with Crippen molar-refractivity contribution in [1.29, 1.82) is 0 Å². The summed E-state index contributed by atoms with van der Waals surface area (Å²) in [6, 6.07) is 0. The van der Waals surface area contributed by atoms with Crippen molar-refractivity contribution in [3.8, 4) is 0 Å². The van der Waals surface area contributed by atoms with E-state index in [2.05, 4.69) is 0 Å². The first kappa shape index (κ1) is 5.78. The topological polar surface area (TPSA) is 9.23 Å². The zero-order chi connectivity index (χ0) is 4.28. The van der Waals surface area contributed by atoms with Gasteiger partial charge in [-0.1, -0.05) is 0 Å². The second-order valence-electron chi connectivity index (χ2n) is 1.15. The van der Waals surface area contributed by atoms with Gasteiger partial charge in [0.25, 0.3) is 0 Å². The molecular weight excluding hydrogens is 174 g/mol. The summed E-state index contributed by atoms with van der Waals surface area (Å²) in [6.45, 7) is 4.03. The molecule has 2 heteroatoms. The third-order valence-corrected chi connectivity index (χ3v) is 1.41. The van der Waals surface area contributed by atoms with Crippen LogP contribution in [0.4, 0.5) is 0 Å². The van der Waals surface area contributed by atoms with Crippen LogP contribution in [-0.4, -0.2) is 29.5 Å². The van der Waals surface area contributed by atoms with E-state index in [-0.39, 0.29) is 0 Å². The summed E-state index contributed by atoms with van der Waals surface area (Å²) in [5.41, 5.74) is 0. The van der Waals surface area contributed by atoms with Crippen LogP contribution in [-0.2, 0) is 3.02 Å². The van der Waals surface area contributed by atoms with Crippen LogP contribution in [0.15, 0.2) is 0 Å². The molecule has 0 aliphatic carbocycles. The van der Waals surface area contributed by atoms with Crippen LogP contribution >= 0.6 is 0 Å². The molecule has 0 bridgehead atoms. The Morgan fingerprint density at radius 2 is 1.80 bits per heavy atom. The van der Waals surface area contributed by atoms with Gasteiger partial charge in [-0.15, -0.1) is 0 Å². The summed E-state index contributed by atoms with van der Waals surface area (Å²) >= 11 is 1.40. The Hall–Kier alpha value is 0.778. The molecule has 0 unspecified atom stereocenters. The van der Waals surface area contributed by atoms with Crippen molar-refractivity contribution < 1.29 is 3.02 Å². The van der Waals surface area contributed by atoms with Gasteiger partial charge in [-0.05, 0) is 0 Å². The molecule has 0 spiro atoms. The molecule has 0 heterocycles. The molecule has 0 fully saturated rings. The Bertz CT molecular complexity index is 20.9. The summed E-state index contributed by atoms with van der Waals surface area (Å²) in [5.74, 6) is 0. The van der Waals surface area contributed by atoms with Gasteiger partial charge in [0.1, 0.15) is 0 Å². The maximum absolute atomic E-state index is 4.80. The summed E-state index contributed by atoms with van der Waals surface area (Å²) in [5, 5.41) is 0. The van der Waals surface area contributed by atoms with Gasteiger partial charge in [0.15, 0.2) is 0 Å². The van der Waals surface area contributed by atoms with Gasteiger partial charge in [0.05, 0.1) is 0 Å². The second-order valence-corrected chi connectivity index (χ2v) is 1.76. The third-order valence-electron chi connectivity index (χ3n) is 0.211. The quantitative estimate of drug-likeness (QED) is 0.535. The monoisotopic (exact) mass is 180 g/mol. The molecule has 0 aromatic carbocycles. The third kappa shape index (κ3) is 4.78. The van der Waals surface area contributed by atoms with Gasteiger partial charge < -0.3 is 0 Å². The van der Waals surface area contributed by atoms with E-state index in [0.717, 1.165) is 0 Å². The van der Waals surface area contributed by atoms with E-state index in [1.54, 1.807) is 0 Å². The first-order valence-electron chi connectivity index (χ1n) is 1.57. The van der Waals surface area contributed by atoms with Gasteiger partial charge in [-0.25, -0.2) is 0 Å². The summed E-state index contributed by atoms with van der Waals surface area (Å²) in [6.07, 6.45) is 0.406. The van der Waals surface area contributed by atoms with Crippen LogP contribution in [0.25, 0.3) is 0 Å². The number of hydrogen-bond acceptors (Lipinski definition) is 1. The van der Waals surface area contributed by atoms with E-state index in [1.165, 1.54) is 23.4 Å². The SMILES string of the molecule is CC(C)[O][Sb]. The average Bonchev–Trinajstić information content (AvgIpc) is 1.38. The Morgan fingerprint density at radius 3 is 1.80 bits per heavy atom. The fourth-order valence-electron chi connectivity index (χ4n) is 0. The summed E-state index contributed by atoms with van der Waals surface area (Å²) in [7, 11) is 0. The molecule has 0 N–H and O–H groups in total. The van der Waals surface area contributed by atoms with Crippen LogP contribution in [0.5, 0.6) is 0 Å².